The summed E-state index contributed by atoms with van der Waals surface area (Å²) in [6.45, 7) is 4.09. The van der Waals surface area contributed by atoms with E-state index in [9.17, 15) is 0 Å². The number of benzene rings is 2. The van der Waals surface area contributed by atoms with Crippen molar-refractivity contribution in [3.63, 3.8) is 0 Å². The lowest BCUT2D eigenvalue weighted by Crippen LogP contribution is -1.75. The molecule has 0 unspecified atom stereocenters. The molecule has 94 valence electrons. The topological polar surface area (TPSA) is 0 Å². The van der Waals surface area contributed by atoms with Gasteiger partial charge >= 0.3 is 0 Å². The van der Waals surface area contributed by atoms with Crippen molar-refractivity contribution in [3.05, 3.63) is 70.8 Å². The van der Waals surface area contributed by atoms with E-state index in [1.165, 1.54) is 11.1 Å². The minimum Gasteiger partial charge on any atom is -0.0608 e. The van der Waals surface area contributed by atoms with Crippen LogP contribution in [0, 0.1) is 49.4 Å². The van der Waals surface area contributed by atoms with Crippen molar-refractivity contribution in [2.45, 2.75) is 13.8 Å². The van der Waals surface area contributed by atoms with Crippen LogP contribution in [0.2, 0.25) is 0 Å². The van der Waals surface area contributed by atoms with Crippen molar-refractivity contribution in [1.29, 1.82) is 0 Å². The van der Waals surface area contributed by atoms with Crippen molar-refractivity contribution in [1.82, 2.24) is 0 Å². The first-order valence-electron chi connectivity index (χ1n) is 6.39. The van der Waals surface area contributed by atoms with Crippen molar-refractivity contribution in [2.24, 2.45) is 0 Å². The smallest absolute Gasteiger partial charge is 0.0258 e. The Morgan fingerprint density at radius 3 is 1.45 bits per heavy atom. The van der Waals surface area contributed by atoms with E-state index in [2.05, 4.69) is 35.5 Å². The van der Waals surface area contributed by atoms with Gasteiger partial charge in [-0.3, -0.25) is 0 Å². The summed E-state index contributed by atoms with van der Waals surface area (Å²) in [5, 5.41) is 0. The van der Waals surface area contributed by atoms with Crippen LogP contribution < -0.4 is 0 Å². The monoisotopic (exact) mass is 254 g/mol. The molecule has 0 bridgehead atoms. The van der Waals surface area contributed by atoms with Crippen molar-refractivity contribution >= 4 is 0 Å². The van der Waals surface area contributed by atoms with E-state index >= 15 is 0 Å². The molecule has 0 aliphatic heterocycles. The Balaban J connectivity index is 2.04. The predicted molar refractivity (Wildman–Crippen MR) is 83.9 cm³/mol. The van der Waals surface area contributed by atoms with Crippen LogP contribution >= 0.6 is 0 Å². The molecular formula is C20H14. The van der Waals surface area contributed by atoms with Gasteiger partial charge in [0.05, 0.1) is 0 Å². The Labute approximate surface area is 120 Å². The first kappa shape index (κ1) is 13.5. The molecule has 0 heterocycles. The first-order valence-corrected chi connectivity index (χ1v) is 6.39. The zero-order valence-corrected chi connectivity index (χ0v) is 11.6. The van der Waals surface area contributed by atoms with Gasteiger partial charge in [0.1, 0.15) is 0 Å². The second kappa shape index (κ2) is 6.89. The summed E-state index contributed by atoms with van der Waals surface area (Å²) in [5.74, 6) is 17.1. The van der Waals surface area contributed by atoms with Gasteiger partial charge in [-0.25, -0.2) is 0 Å². The van der Waals surface area contributed by atoms with E-state index in [1.807, 2.05) is 62.4 Å². The SMILES string of the molecule is Cc1cccc(C#CC#CC#Cc2cccc(C)c2)c1. The second-order valence-corrected chi connectivity index (χ2v) is 4.49. The molecule has 0 N–H and O–H groups in total. The maximum atomic E-state index is 3.00. The minimum absolute atomic E-state index is 0.978. The van der Waals surface area contributed by atoms with E-state index in [-0.39, 0.29) is 0 Å². The average molecular weight is 254 g/mol. The van der Waals surface area contributed by atoms with E-state index in [0.717, 1.165) is 11.1 Å². The molecule has 0 aromatic heterocycles. The van der Waals surface area contributed by atoms with E-state index in [0.29, 0.717) is 0 Å². The highest BCUT2D eigenvalue weighted by molar-refractivity contribution is 5.46. The quantitative estimate of drug-likeness (QED) is 0.629. The molecule has 0 fully saturated rings. The third-order valence-corrected chi connectivity index (χ3v) is 2.64. The molecule has 0 amide bonds. The average Bonchev–Trinajstić information content (AvgIpc) is 2.43. The molecule has 0 atom stereocenters. The van der Waals surface area contributed by atoms with Gasteiger partial charge in [-0.1, -0.05) is 36.1 Å². The van der Waals surface area contributed by atoms with Crippen LogP contribution in [0.3, 0.4) is 0 Å². The Morgan fingerprint density at radius 2 is 1.05 bits per heavy atom. The minimum atomic E-state index is 0.978. The molecular weight excluding hydrogens is 240 g/mol. The number of aryl methyl sites for hydroxylation is 2. The lowest BCUT2D eigenvalue weighted by molar-refractivity contribution is 1.46. The van der Waals surface area contributed by atoms with Crippen LogP contribution in [0.4, 0.5) is 0 Å². The standard InChI is InChI=1S/C20H14/c1-17-9-7-13-19(15-17)11-5-3-4-6-12-20-14-8-10-18(2)16-20/h7-10,13-16H,1-2H3. The Bertz CT molecular complexity index is 723. The van der Waals surface area contributed by atoms with Gasteiger partial charge in [0.15, 0.2) is 0 Å². The van der Waals surface area contributed by atoms with Gasteiger partial charge in [-0.05, 0) is 72.9 Å². The fourth-order valence-corrected chi connectivity index (χ4v) is 1.71. The third kappa shape index (κ3) is 4.42. The largest absolute Gasteiger partial charge is 0.0608 e. The zero-order valence-electron chi connectivity index (χ0n) is 11.6. The van der Waals surface area contributed by atoms with Gasteiger partial charge in [0.2, 0.25) is 0 Å². The lowest BCUT2D eigenvalue weighted by Gasteiger charge is -1.90. The first-order chi connectivity index (χ1) is 9.74. The summed E-state index contributed by atoms with van der Waals surface area (Å²) in [6, 6.07) is 16.1. The van der Waals surface area contributed by atoms with Crippen LogP contribution in [0.25, 0.3) is 0 Å². The molecule has 0 spiro atoms. The van der Waals surface area contributed by atoms with Gasteiger partial charge in [-0.2, -0.15) is 0 Å². The van der Waals surface area contributed by atoms with Crippen molar-refractivity contribution in [3.8, 4) is 35.5 Å². The molecule has 0 aliphatic rings. The van der Waals surface area contributed by atoms with Gasteiger partial charge in [0, 0.05) is 11.1 Å². The van der Waals surface area contributed by atoms with E-state index < -0.39 is 0 Å². The van der Waals surface area contributed by atoms with E-state index in [4.69, 9.17) is 0 Å². The molecule has 0 saturated heterocycles. The lowest BCUT2D eigenvalue weighted by atomic mass is 10.1. The summed E-state index contributed by atoms with van der Waals surface area (Å²) in [4.78, 5) is 0. The van der Waals surface area contributed by atoms with Gasteiger partial charge < -0.3 is 0 Å². The summed E-state index contributed by atoms with van der Waals surface area (Å²) < 4.78 is 0. The van der Waals surface area contributed by atoms with Gasteiger partial charge in [0.25, 0.3) is 0 Å². The molecule has 20 heavy (non-hydrogen) atoms. The number of rotatable bonds is 0. The maximum absolute atomic E-state index is 3.00. The maximum Gasteiger partial charge on any atom is 0.0258 e. The molecule has 0 heteroatoms. The van der Waals surface area contributed by atoms with Crippen LogP contribution in [-0.4, -0.2) is 0 Å². The Kier molecular flexibility index (Phi) is 4.67. The van der Waals surface area contributed by atoms with Crippen molar-refractivity contribution in [2.75, 3.05) is 0 Å². The molecule has 0 radical (unpaired) electrons. The van der Waals surface area contributed by atoms with Gasteiger partial charge in [-0.15, -0.1) is 0 Å². The Hall–Kier alpha value is -2.88. The summed E-state index contributed by atoms with van der Waals surface area (Å²) >= 11 is 0. The summed E-state index contributed by atoms with van der Waals surface area (Å²) in [7, 11) is 0. The fourth-order valence-electron chi connectivity index (χ4n) is 1.71. The van der Waals surface area contributed by atoms with Crippen LogP contribution in [0.15, 0.2) is 48.5 Å². The predicted octanol–water partition coefficient (Wildman–Crippen LogP) is 3.71. The third-order valence-electron chi connectivity index (χ3n) is 2.64. The zero-order chi connectivity index (χ0) is 14.2. The molecule has 2 rings (SSSR count). The molecule has 0 nitrogen and oxygen atoms in total. The van der Waals surface area contributed by atoms with Crippen molar-refractivity contribution < 1.29 is 0 Å². The summed E-state index contributed by atoms with van der Waals surface area (Å²) in [6.07, 6.45) is 0. The highest BCUT2D eigenvalue weighted by atomic mass is 13.9. The van der Waals surface area contributed by atoms with Crippen LogP contribution in [0.5, 0.6) is 0 Å². The fraction of sp³-hybridized carbons (Fsp3) is 0.100. The highest BCUT2D eigenvalue weighted by Gasteiger charge is 1.86. The molecule has 0 saturated carbocycles. The van der Waals surface area contributed by atoms with E-state index in [1.54, 1.807) is 0 Å². The highest BCUT2D eigenvalue weighted by Crippen LogP contribution is 2.02. The number of hydrogen-bond acceptors (Lipinski definition) is 0. The Morgan fingerprint density at radius 1 is 0.600 bits per heavy atom. The normalized spacial score (nSPS) is 8.30. The van der Waals surface area contributed by atoms with Crippen LogP contribution in [-0.2, 0) is 0 Å². The van der Waals surface area contributed by atoms with Crippen LogP contribution in [0.1, 0.15) is 22.3 Å². The summed E-state index contributed by atoms with van der Waals surface area (Å²) in [5.41, 5.74) is 4.35. The second-order valence-electron chi connectivity index (χ2n) is 4.49. The molecule has 0 aliphatic carbocycles. The number of hydrogen-bond donors (Lipinski definition) is 0. The molecule has 2 aromatic rings. The molecule has 2 aromatic carbocycles.